The Bertz CT molecular complexity index is 1350. The van der Waals surface area contributed by atoms with Gasteiger partial charge >= 0.3 is 18.3 Å². The standard InChI is InChI=1S/C25H17F6N3O2/c26-24(27,28)18-10-16(11-19(12-18)25(29,30)31)22-17(13-32-20-4-2-1-3-5-20)14-34(33-22)21-8-6-15(7-9-21)23(35)36/h1-12,14,32H,13H2,(H,35,36). The molecule has 0 atom stereocenters. The Morgan fingerprint density at radius 3 is 1.97 bits per heavy atom. The van der Waals surface area contributed by atoms with E-state index < -0.39 is 29.4 Å². The summed E-state index contributed by atoms with van der Waals surface area (Å²) in [7, 11) is 0. The van der Waals surface area contributed by atoms with Crippen LogP contribution in [0.2, 0.25) is 0 Å². The smallest absolute Gasteiger partial charge is 0.416 e. The lowest BCUT2D eigenvalue weighted by molar-refractivity contribution is -0.143. The zero-order chi connectivity index (χ0) is 26.1. The fourth-order valence-electron chi connectivity index (χ4n) is 3.52. The van der Waals surface area contributed by atoms with E-state index in [1.54, 1.807) is 30.3 Å². The van der Waals surface area contributed by atoms with Gasteiger partial charge in [-0.25, -0.2) is 9.48 Å². The molecule has 1 heterocycles. The number of anilines is 1. The van der Waals surface area contributed by atoms with E-state index in [9.17, 15) is 31.1 Å². The first-order valence-electron chi connectivity index (χ1n) is 10.4. The van der Waals surface area contributed by atoms with Crippen molar-refractivity contribution in [2.24, 2.45) is 0 Å². The summed E-state index contributed by atoms with van der Waals surface area (Å²) in [6.45, 7) is 0.0458. The van der Waals surface area contributed by atoms with Gasteiger partial charge in [0.1, 0.15) is 0 Å². The Kier molecular flexibility index (Phi) is 6.49. The molecule has 0 amide bonds. The third-order valence-corrected chi connectivity index (χ3v) is 5.29. The maximum absolute atomic E-state index is 13.4. The van der Waals surface area contributed by atoms with Gasteiger partial charge in [0, 0.05) is 29.6 Å². The Balaban J connectivity index is 1.83. The van der Waals surface area contributed by atoms with E-state index in [1.807, 2.05) is 0 Å². The van der Waals surface area contributed by atoms with Crippen molar-refractivity contribution in [3.05, 3.63) is 101 Å². The van der Waals surface area contributed by atoms with Crippen molar-refractivity contribution in [1.82, 2.24) is 9.78 Å². The average Bonchev–Trinajstić information content (AvgIpc) is 3.26. The van der Waals surface area contributed by atoms with Gasteiger partial charge < -0.3 is 10.4 Å². The first-order valence-corrected chi connectivity index (χ1v) is 10.4. The van der Waals surface area contributed by atoms with E-state index >= 15 is 0 Å². The second-order valence-corrected chi connectivity index (χ2v) is 7.81. The molecular formula is C25H17F6N3O2. The number of nitrogens with one attached hydrogen (secondary N) is 1. The van der Waals surface area contributed by atoms with E-state index in [-0.39, 0.29) is 29.4 Å². The van der Waals surface area contributed by atoms with Gasteiger partial charge in [-0.2, -0.15) is 31.4 Å². The lowest BCUT2D eigenvalue weighted by Gasteiger charge is -2.14. The van der Waals surface area contributed by atoms with Crippen LogP contribution in [0.4, 0.5) is 32.0 Å². The van der Waals surface area contributed by atoms with Gasteiger partial charge in [-0.1, -0.05) is 18.2 Å². The quantitative estimate of drug-likeness (QED) is 0.280. The van der Waals surface area contributed by atoms with Crippen molar-refractivity contribution in [1.29, 1.82) is 0 Å². The molecule has 0 bridgehead atoms. The third kappa shape index (κ3) is 5.51. The number of hydrogen-bond donors (Lipinski definition) is 2. The van der Waals surface area contributed by atoms with Crippen LogP contribution < -0.4 is 5.32 Å². The number of hydrogen-bond acceptors (Lipinski definition) is 3. The van der Waals surface area contributed by atoms with Gasteiger partial charge in [-0.3, -0.25) is 0 Å². The van der Waals surface area contributed by atoms with Gasteiger partial charge in [0.15, 0.2) is 0 Å². The van der Waals surface area contributed by atoms with Gasteiger partial charge in [0.2, 0.25) is 0 Å². The first-order chi connectivity index (χ1) is 16.9. The van der Waals surface area contributed by atoms with E-state index in [2.05, 4.69) is 10.4 Å². The minimum Gasteiger partial charge on any atom is -0.478 e. The van der Waals surface area contributed by atoms with Gasteiger partial charge in [0.25, 0.3) is 0 Å². The summed E-state index contributed by atoms with van der Waals surface area (Å²) in [5.41, 5.74) is -1.96. The van der Waals surface area contributed by atoms with Gasteiger partial charge in [0.05, 0.1) is 28.1 Å². The van der Waals surface area contributed by atoms with E-state index in [0.29, 0.717) is 29.1 Å². The number of aromatic nitrogens is 2. The zero-order valence-electron chi connectivity index (χ0n) is 18.2. The fourth-order valence-corrected chi connectivity index (χ4v) is 3.52. The molecule has 0 saturated carbocycles. The van der Waals surface area contributed by atoms with Gasteiger partial charge in [-0.05, 0) is 54.6 Å². The predicted octanol–water partition coefficient (Wildman–Crippen LogP) is 6.89. The van der Waals surface area contributed by atoms with Crippen LogP contribution in [-0.4, -0.2) is 20.9 Å². The lowest BCUT2D eigenvalue weighted by atomic mass is 10.0. The van der Waals surface area contributed by atoms with Crippen molar-refractivity contribution in [3.63, 3.8) is 0 Å². The van der Waals surface area contributed by atoms with Crippen molar-refractivity contribution in [2.75, 3.05) is 5.32 Å². The molecule has 0 fully saturated rings. The summed E-state index contributed by atoms with van der Waals surface area (Å²) in [5.74, 6) is -1.15. The summed E-state index contributed by atoms with van der Waals surface area (Å²) in [5, 5.41) is 16.4. The summed E-state index contributed by atoms with van der Waals surface area (Å²) in [6.07, 6.45) is -8.55. The minimum atomic E-state index is -5.01. The molecular weight excluding hydrogens is 488 g/mol. The Hall–Kier alpha value is -4.28. The molecule has 4 rings (SSSR count). The Morgan fingerprint density at radius 2 is 1.44 bits per heavy atom. The van der Waals surface area contributed by atoms with Crippen LogP contribution in [0.1, 0.15) is 27.0 Å². The number of carboxylic acid groups (broad SMARTS) is 1. The van der Waals surface area contributed by atoms with Crippen molar-refractivity contribution in [3.8, 4) is 16.9 Å². The highest BCUT2D eigenvalue weighted by atomic mass is 19.4. The van der Waals surface area contributed by atoms with Crippen molar-refractivity contribution >= 4 is 11.7 Å². The fraction of sp³-hybridized carbons (Fsp3) is 0.120. The molecule has 0 radical (unpaired) electrons. The number of nitrogens with zero attached hydrogens (tertiary/aromatic N) is 2. The van der Waals surface area contributed by atoms with E-state index in [0.717, 1.165) is 0 Å². The molecule has 186 valence electrons. The number of alkyl halides is 6. The highest BCUT2D eigenvalue weighted by Crippen LogP contribution is 2.39. The number of halogens is 6. The predicted molar refractivity (Wildman–Crippen MR) is 120 cm³/mol. The second-order valence-electron chi connectivity index (χ2n) is 7.81. The molecule has 0 unspecified atom stereocenters. The van der Waals surface area contributed by atoms with E-state index in [1.165, 1.54) is 35.1 Å². The minimum absolute atomic E-state index is 0.00444. The van der Waals surface area contributed by atoms with Crippen molar-refractivity contribution < 1.29 is 36.2 Å². The second kappa shape index (κ2) is 9.40. The number of aromatic carboxylic acids is 1. The molecule has 0 spiro atoms. The first kappa shape index (κ1) is 24.8. The van der Waals surface area contributed by atoms with E-state index in [4.69, 9.17) is 5.11 Å². The SMILES string of the molecule is O=C(O)c1ccc(-n2cc(CNc3ccccc3)c(-c3cc(C(F)(F)F)cc(C(F)(F)F)c3)n2)cc1. The summed E-state index contributed by atoms with van der Waals surface area (Å²) >= 11 is 0. The molecule has 0 aliphatic heterocycles. The van der Waals surface area contributed by atoms with Crippen LogP contribution in [0, 0.1) is 0 Å². The summed E-state index contributed by atoms with van der Waals surface area (Å²) in [6, 6.07) is 15.6. The van der Waals surface area contributed by atoms with Crippen LogP contribution in [-0.2, 0) is 18.9 Å². The highest BCUT2D eigenvalue weighted by Gasteiger charge is 2.37. The molecule has 0 aliphatic carbocycles. The average molecular weight is 505 g/mol. The van der Waals surface area contributed by atoms with Gasteiger partial charge in [-0.15, -0.1) is 0 Å². The maximum atomic E-state index is 13.4. The largest absolute Gasteiger partial charge is 0.478 e. The number of benzene rings is 3. The molecule has 2 N–H and O–H groups in total. The maximum Gasteiger partial charge on any atom is 0.416 e. The summed E-state index contributed by atoms with van der Waals surface area (Å²) < 4.78 is 81.9. The number of rotatable bonds is 6. The molecule has 4 aromatic rings. The molecule has 1 aromatic heterocycles. The van der Waals surface area contributed by atoms with Crippen LogP contribution in [0.5, 0.6) is 0 Å². The molecule has 3 aromatic carbocycles. The van der Waals surface area contributed by atoms with Crippen molar-refractivity contribution in [2.45, 2.75) is 18.9 Å². The molecule has 36 heavy (non-hydrogen) atoms. The highest BCUT2D eigenvalue weighted by molar-refractivity contribution is 5.87. The molecule has 0 aliphatic rings. The number of para-hydroxylation sites is 1. The zero-order valence-corrected chi connectivity index (χ0v) is 18.2. The topological polar surface area (TPSA) is 67.2 Å². The lowest BCUT2D eigenvalue weighted by Crippen LogP contribution is -2.11. The monoisotopic (exact) mass is 505 g/mol. The van der Waals surface area contributed by atoms with Crippen LogP contribution in [0.25, 0.3) is 16.9 Å². The molecule has 11 heteroatoms. The van der Waals surface area contributed by atoms with Crippen LogP contribution >= 0.6 is 0 Å². The normalized spacial score (nSPS) is 11.9. The van der Waals surface area contributed by atoms with Crippen LogP contribution in [0.15, 0.2) is 79.0 Å². The number of carbonyl (C=O) groups is 1. The Morgan fingerprint density at radius 1 is 0.861 bits per heavy atom. The van der Waals surface area contributed by atoms with Crippen LogP contribution in [0.3, 0.4) is 0 Å². The number of carboxylic acids is 1. The molecule has 5 nitrogen and oxygen atoms in total. The Labute approximate surface area is 200 Å². The third-order valence-electron chi connectivity index (χ3n) is 5.29. The molecule has 0 saturated heterocycles. The summed E-state index contributed by atoms with van der Waals surface area (Å²) in [4.78, 5) is 11.1.